The number of ketones is 4. The molecule has 6 aliphatic carbocycles. The molecule has 2 amide bonds. The minimum atomic E-state index is -3.12. The lowest BCUT2D eigenvalue weighted by Crippen LogP contribution is -2.70. The van der Waals surface area contributed by atoms with Gasteiger partial charge in [0.05, 0.1) is 35.2 Å². The number of nitrogens with zero attached hydrogens (tertiary/aromatic N) is 2. The third-order valence-electron chi connectivity index (χ3n) is 15.3. The van der Waals surface area contributed by atoms with Crippen LogP contribution in [-0.4, -0.2) is 148 Å². The van der Waals surface area contributed by atoms with Gasteiger partial charge < -0.3 is 57.0 Å². The molecule has 0 spiro atoms. The molecule has 4 aromatic rings. The van der Waals surface area contributed by atoms with Crippen LogP contribution in [0.15, 0.2) is 88.4 Å². The van der Waals surface area contributed by atoms with E-state index in [4.69, 9.17) is 5.73 Å². The number of likely N-dealkylation sites (N-methyl/N-ethyl adjacent to an activating group) is 2. The molecule has 12 N–H and O–H groups in total. The number of aromatic hydroxyl groups is 2. The van der Waals surface area contributed by atoms with E-state index in [-0.39, 0.29) is 58.3 Å². The Hall–Kier alpha value is -7.42. The molecule has 2 saturated carbocycles. The predicted octanol–water partition coefficient (Wildman–Crippen LogP) is 1.67. The molecule has 0 bridgehead atoms. The van der Waals surface area contributed by atoms with Crippen molar-refractivity contribution in [2.75, 3.05) is 33.5 Å². The highest BCUT2D eigenvalue weighted by Gasteiger charge is 2.68. The van der Waals surface area contributed by atoms with Crippen LogP contribution in [0, 0.1) is 23.7 Å². The van der Waals surface area contributed by atoms with Gasteiger partial charge in [0.15, 0.2) is 22.8 Å². The van der Waals surface area contributed by atoms with Crippen molar-refractivity contribution in [3.63, 3.8) is 0 Å². The number of aliphatic hydroxyl groups excluding tert-OH is 5. The SMILES string of the molecule is CN(C)[C@@H]1C(=O)C(C(N)=O)=C(O)[C@@]2(O)C(=O)C3=C(O)c4c(cc5ccc(NC(=O)C6=C(O)[C@@]7(O)C(=O)C8=C(O)c9c(cc%10ccccc%10c9O)C[C@H]8C[C@H]7[C@H](N(C)C)C6=O)cc5c4O)C[C@H]3[C@H](O)[C@@H]12. The number of amides is 2. The van der Waals surface area contributed by atoms with Crippen LogP contribution in [0.3, 0.4) is 0 Å². The van der Waals surface area contributed by atoms with E-state index in [1.54, 1.807) is 30.3 Å². The average molecular weight is 943 g/mol. The van der Waals surface area contributed by atoms with Crippen molar-refractivity contribution in [1.82, 2.24) is 9.80 Å². The Morgan fingerprint density at radius 3 is 1.87 bits per heavy atom. The molecule has 0 radical (unpaired) electrons. The minimum Gasteiger partial charge on any atom is -0.508 e. The second kappa shape index (κ2) is 15.0. The van der Waals surface area contributed by atoms with Crippen molar-refractivity contribution >= 4 is 73.7 Å². The Bertz CT molecular complexity index is 3270. The second-order valence-electron chi connectivity index (χ2n) is 19.3. The molecular weight excluding hydrogens is 897 g/mol. The molecular formula is C50H46N4O15. The quantitative estimate of drug-likeness (QED) is 0.127. The van der Waals surface area contributed by atoms with Crippen LogP contribution >= 0.6 is 0 Å². The number of nitrogens with two attached hydrogens (primary N) is 1. The summed E-state index contributed by atoms with van der Waals surface area (Å²) in [5, 5.41) is 110. The number of hydrogen-bond donors (Lipinski definition) is 11. The Balaban J connectivity index is 1.03. The van der Waals surface area contributed by atoms with Gasteiger partial charge in [-0.3, -0.25) is 38.6 Å². The Morgan fingerprint density at radius 1 is 0.681 bits per heavy atom. The topological polar surface area (TPSA) is 329 Å². The summed E-state index contributed by atoms with van der Waals surface area (Å²) < 4.78 is 0. The van der Waals surface area contributed by atoms with Gasteiger partial charge in [0.2, 0.25) is 11.6 Å². The number of hydrogen-bond acceptors (Lipinski definition) is 17. The molecule has 0 heterocycles. The van der Waals surface area contributed by atoms with E-state index in [0.717, 1.165) is 0 Å². The molecule has 69 heavy (non-hydrogen) atoms. The summed E-state index contributed by atoms with van der Waals surface area (Å²) in [5.74, 6) is -17.3. The van der Waals surface area contributed by atoms with E-state index in [1.807, 2.05) is 0 Å². The summed E-state index contributed by atoms with van der Waals surface area (Å²) in [6, 6.07) is 11.4. The zero-order valence-corrected chi connectivity index (χ0v) is 37.3. The standard InChI is InChI=1S/C50H46N4O15/c1-53(2)34-26-15-21-13-19-11-17-7-5-6-8-23(17)36(55)27(19)39(58)29(21)43(62)49(26,68)46(65)32(42(34)61)48(67)52-22-10-9-18-12-20-14-25-30(40(59)28(20)37(56)24(18)16-22)44(63)50(69)33(38(25)57)35(54(3)4)41(60)31(45(50)64)47(51)66/h5-12,16,21,25-26,33-35,38,55-59,64-65,68-69H,13-15H2,1-4H3,(H2,51,66)(H,52,67)/t21-,25+,26-,33+,34-,35-,38-,49-,50-/m0/s1. The van der Waals surface area contributed by atoms with Gasteiger partial charge in [0.25, 0.3) is 11.8 Å². The van der Waals surface area contributed by atoms with E-state index < -0.39 is 134 Å². The zero-order chi connectivity index (χ0) is 49.8. The molecule has 19 heteroatoms. The summed E-state index contributed by atoms with van der Waals surface area (Å²) in [7, 11) is 5.80. The van der Waals surface area contributed by atoms with Crippen LogP contribution in [0.25, 0.3) is 33.1 Å². The third kappa shape index (κ3) is 5.85. The van der Waals surface area contributed by atoms with Gasteiger partial charge >= 0.3 is 0 Å². The number of phenolic OH excluding ortho intramolecular Hbond substituents is 2. The van der Waals surface area contributed by atoms with Crippen LogP contribution in [0.2, 0.25) is 0 Å². The predicted molar refractivity (Wildman–Crippen MR) is 244 cm³/mol. The number of fused-ring (bicyclic) bond motifs is 8. The first kappa shape index (κ1) is 45.4. The highest BCUT2D eigenvalue weighted by molar-refractivity contribution is 6.28. The fourth-order valence-electron chi connectivity index (χ4n) is 12.2. The van der Waals surface area contributed by atoms with E-state index in [0.29, 0.717) is 21.7 Å². The highest BCUT2D eigenvalue weighted by Crippen LogP contribution is 2.56. The van der Waals surface area contributed by atoms with E-state index in [2.05, 4.69) is 5.32 Å². The summed E-state index contributed by atoms with van der Waals surface area (Å²) in [6.07, 6.45) is -1.98. The third-order valence-corrected chi connectivity index (χ3v) is 15.3. The van der Waals surface area contributed by atoms with Crippen LogP contribution < -0.4 is 11.1 Å². The summed E-state index contributed by atoms with van der Waals surface area (Å²) >= 11 is 0. The van der Waals surface area contributed by atoms with Crippen molar-refractivity contribution in [3.05, 3.63) is 111 Å². The fraction of sp³-hybridized carbons (Fsp3) is 0.320. The number of rotatable bonds is 5. The first-order valence-corrected chi connectivity index (χ1v) is 22.0. The number of phenols is 2. The first-order chi connectivity index (χ1) is 32.5. The maximum absolute atomic E-state index is 14.6. The van der Waals surface area contributed by atoms with E-state index >= 15 is 0 Å². The number of primary amides is 1. The molecule has 356 valence electrons. The number of benzene rings is 4. The van der Waals surface area contributed by atoms with Crippen molar-refractivity contribution in [2.45, 2.75) is 48.7 Å². The normalized spacial score (nSPS) is 29.8. The monoisotopic (exact) mass is 942 g/mol. The van der Waals surface area contributed by atoms with Crippen LogP contribution in [0.4, 0.5) is 5.69 Å². The smallest absolute Gasteiger partial charge is 0.262 e. The first-order valence-electron chi connectivity index (χ1n) is 22.0. The number of Topliss-reactive ketones (excluding diaryl/α,β-unsaturated/α-hetero) is 4. The van der Waals surface area contributed by atoms with Gasteiger partial charge in [-0.05, 0) is 87.4 Å². The van der Waals surface area contributed by atoms with Crippen molar-refractivity contribution < 1.29 is 74.7 Å². The van der Waals surface area contributed by atoms with Gasteiger partial charge in [0, 0.05) is 39.4 Å². The van der Waals surface area contributed by atoms with Gasteiger partial charge in [-0.25, -0.2) is 0 Å². The zero-order valence-electron chi connectivity index (χ0n) is 37.3. The van der Waals surface area contributed by atoms with E-state index in [1.165, 1.54) is 62.3 Å². The molecule has 0 unspecified atom stereocenters. The van der Waals surface area contributed by atoms with Gasteiger partial charge in [-0.15, -0.1) is 0 Å². The van der Waals surface area contributed by atoms with Crippen LogP contribution in [0.5, 0.6) is 11.5 Å². The molecule has 0 aromatic heterocycles. The Morgan fingerprint density at radius 2 is 1.23 bits per heavy atom. The lowest BCUT2D eigenvalue weighted by molar-refractivity contribution is -0.168. The molecule has 9 atom stereocenters. The number of anilines is 1. The lowest BCUT2D eigenvalue weighted by Gasteiger charge is -2.52. The molecule has 6 aliphatic rings. The maximum Gasteiger partial charge on any atom is 0.262 e. The van der Waals surface area contributed by atoms with E-state index in [9.17, 15) is 74.7 Å². The number of aliphatic hydroxyl groups is 7. The average Bonchev–Trinajstić information content (AvgIpc) is 3.27. The number of carbonyl (C=O) groups is 6. The molecule has 10 rings (SSSR count). The van der Waals surface area contributed by atoms with Gasteiger partial charge in [-0.2, -0.15) is 0 Å². The summed E-state index contributed by atoms with van der Waals surface area (Å²) in [6.45, 7) is 0. The van der Waals surface area contributed by atoms with Gasteiger partial charge in [0.1, 0.15) is 45.7 Å². The Kier molecular flexibility index (Phi) is 9.89. The van der Waals surface area contributed by atoms with Crippen molar-refractivity contribution in [3.8, 4) is 11.5 Å². The lowest BCUT2D eigenvalue weighted by atomic mass is 9.56. The molecule has 4 aromatic carbocycles. The Labute approximate surface area is 391 Å². The molecule has 0 saturated heterocycles. The number of carbonyl (C=O) groups excluding carboxylic acids is 6. The molecule has 19 nitrogen and oxygen atoms in total. The molecule has 2 fully saturated rings. The van der Waals surface area contributed by atoms with Gasteiger partial charge in [-0.1, -0.05) is 42.5 Å². The minimum absolute atomic E-state index is 0.0119. The van der Waals surface area contributed by atoms with Crippen molar-refractivity contribution in [1.29, 1.82) is 0 Å². The molecule has 0 aliphatic heterocycles. The summed E-state index contributed by atoms with van der Waals surface area (Å²) in [5.41, 5.74) is -3.22. The summed E-state index contributed by atoms with van der Waals surface area (Å²) in [4.78, 5) is 86.1. The maximum atomic E-state index is 14.6. The highest BCUT2D eigenvalue weighted by atomic mass is 16.4. The second-order valence-corrected chi connectivity index (χ2v) is 19.3. The van der Waals surface area contributed by atoms with Crippen molar-refractivity contribution in [2.24, 2.45) is 29.4 Å². The van der Waals surface area contributed by atoms with Crippen LogP contribution in [-0.2, 0) is 41.6 Å². The largest absolute Gasteiger partial charge is 0.508 e. The number of nitrogens with one attached hydrogen (secondary N) is 1. The fourth-order valence-corrected chi connectivity index (χ4v) is 12.2. The van der Waals surface area contributed by atoms with Crippen LogP contribution in [0.1, 0.15) is 28.7 Å².